The predicted molar refractivity (Wildman–Crippen MR) is 79.2 cm³/mol. The molecule has 0 radical (unpaired) electrons. The molecule has 0 fully saturated rings. The molecule has 0 atom stereocenters. The van der Waals surface area contributed by atoms with Gasteiger partial charge in [0.2, 0.25) is 0 Å². The van der Waals surface area contributed by atoms with Gasteiger partial charge in [0.25, 0.3) is 0 Å². The zero-order valence-corrected chi connectivity index (χ0v) is 12.0. The molecule has 94 valence electrons. The van der Waals surface area contributed by atoms with Crippen LogP contribution in [0.4, 0.5) is 0 Å². The van der Waals surface area contributed by atoms with E-state index in [0.29, 0.717) is 0 Å². The maximum absolute atomic E-state index is 3.24. The summed E-state index contributed by atoms with van der Waals surface area (Å²) in [6.07, 6.45) is 0. The summed E-state index contributed by atoms with van der Waals surface area (Å²) in [6.45, 7) is 5.18. The molecule has 0 saturated heterocycles. The molecule has 0 bridgehead atoms. The topological polar surface area (TPSA) is 12.0 Å². The Labute approximate surface area is 114 Å². The van der Waals surface area contributed by atoms with Crippen molar-refractivity contribution in [3.05, 3.63) is 59.2 Å². The van der Waals surface area contributed by atoms with E-state index in [4.69, 9.17) is 0 Å². The highest BCUT2D eigenvalue weighted by atomic mass is 32.2. The molecule has 0 saturated carbocycles. The van der Waals surface area contributed by atoms with Gasteiger partial charge in [0.15, 0.2) is 0 Å². The minimum atomic E-state index is 0.913. The molecule has 0 aliphatic heterocycles. The van der Waals surface area contributed by atoms with Gasteiger partial charge in [-0.25, -0.2) is 0 Å². The second kappa shape index (κ2) is 6.07. The number of nitrogens with one attached hydrogen (secondary N) is 1. The quantitative estimate of drug-likeness (QED) is 0.882. The van der Waals surface area contributed by atoms with E-state index in [1.807, 2.05) is 18.8 Å². The van der Waals surface area contributed by atoms with Crippen molar-refractivity contribution < 1.29 is 0 Å². The molecule has 0 heterocycles. The summed E-state index contributed by atoms with van der Waals surface area (Å²) in [5.74, 6) is 0. The van der Waals surface area contributed by atoms with Crippen LogP contribution in [0.5, 0.6) is 0 Å². The van der Waals surface area contributed by atoms with Crippen LogP contribution in [0.15, 0.2) is 52.3 Å². The van der Waals surface area contributed by atoms with E-state index in [9.17, 15) is 0 Å². The molecule has 1 nitrogen and oxygen atoms in total. The third kappa shape index (κ3) is 3.37. The second-order valence-corrected chi connectivity index (χ2v) is 5.68. The van der Waals surface area contributed by atoms with Crippen LogP contribution in [0.2, 0.25) is 0 Å². The lowest BCUT2D eigenvalue weighted by Gasteiger charge is -2.10. The van der Waals surface area contributed by atoms with Crippen molar-refractivity contribution in [1.29, 1.82) is 0 Å². The summed E-state index contributed by atoms with van der Waals surface area (Å²) in [4.78, 5) is 2.64. The molecule has 0 aliphatic carbocycles. The molecule has 0 spiro atoms. The van der Waals surface area contributed by atoms with Crippen LogP contribution in [-0.2, 0) is 6.54 Å². The summed E-state index contributed by atoms with van der Waals surface area (Å²) in [5, 5.41) is 3.24. The Kier molecular flexibility index (Phi) is 4.45. The van der Waals surface area contributed by atoms with E-state index in [1.165, 1.54) is 26.5 Å². The van der Waals surface area contributed by atoms with Crippen molar-refractivity contribution in [1.82, 2.24) is 5.32 Å². The Morgan fingerprint density at radius 3 is 2.50 bits per heavy atom. The van der Waals surface area contributed by atoms with E-state index in [1.54, 1.807) is 0 Å². The van der Waals surface area contributed by atoms with Gasteiger partial charge in [0.05, 0.1) is 0 Å². The van der Waals surface area contributed by atoms with Crippen LogP contribution in [-0.4, -0.2) is 7.05 Å². The van der Waals surface area contributed by atoms with Crippen molar-refractivity contribution >= 4 is 11.8 Å². The molecule has 0 aromatic heterocycles. The first-order chi connectivity index (χ1) is 8.69. The minimum absolute atomic E-state index is 0.913. The minimum Gasteiger partial charge on any atom is -0.316 e. The van der Waals surface area contributed by atoms with Crippen LogP contribution >= 0.6 is 11.8 Å². The number of aryl methyl sites for hydroxylation is 2. The third-order valence-electron chi connectivity index (χ3n) is 2.80. The van der Waals surface area contributed by atoms with Crippen molar-refractivity contribution in [3.63, 3.8) is 0 Å². The van der Waals surface area contributed by atoms with Gasteiger partial charge < -0.3 is 5.32 Å². The molecule has 2 aromatic rings. The number of benzene rings is 2. The number of hydrogen-bond donors (Lipinski definition) is 1. The Balaban J connectivity index is 2.28. The fraction of sp³-hybridized carbons (Fsp3) is 0.250. The normalized spacial score (nSPS) is 10.6. The van der Waals surface area contributed by atoms with Crippen LogP contribution in [0.1, 0.15) is 16.7 Å². The SMILES string of the molecule is CNCc1cc(C)ccc1Sc1cccc(C)c1. The summed E-state index contributed by atoms with van der Waals surface area (Å²) >= 11 is 1.84. The lowest BCUT2D eigenvalue weighted by molar-refractivity contribution is 0.802. The number of hydrogen-bond acceptors (Lipinski definition) is 2. The predicted octanol–water partition coefficient (Wildman–Crippen LogP) is 4.17. The van der Waals surface area contributed by atoms with Gasteiger partial charge in [0, 0.05) is 16.3 Å². The van der Waals surface area contributed by atoms with Gasteiger partial charge in [0.1, 0.15) is 0 Å². The third-order valence-corrected chi connectivity index (χ3v) is 3.91. The lowest BCUT2D eigenvalue weighted by atomic mass is 10.1. The van der Waals surface area contributed by atoms with Gasteiger partial charge in [-0.15, -0.1) is 0 Å². The number of rotatable bonds is 4. The van der Waals surface area contributed by atoms with E-state index >= 15 is 0 Å². The molecule has 2 rings (SSSR count). The van der Waals surface area contributed by atoms with Crippen molar-refractivity contribution in [2.45, 2.75) is 30.2 Å². The van der Waals surface area contributed by atoms with Crippen molar-refractivity contribution in [2.75, 3.05) is 7.05 Å². The first-order valence-electron chi connectivity index (χ1n) is 6.17. The zero-order valence-electron chi connectivity index (χ0n) is 11.2. The van der Waals surface area contributed by atoms with Gasteiger partial charge in [-0.2, -0.15) is 0 Å². The first kappa shape index (κ1) is 13.2. The van der Waals surface area contributed by atoms with E-state index in [0.717, 1.165) is 6.54 Å². The fourth-order valence-electron chi connectivity index (χ4n) is 1.94. The Hall–Kier alpha value is -1.25. The molecule has 0 unspecified atom stereocenters. The highest BCUT2D eigenvalue weighted by Gasteiger charge is 2.04. The maximum atomic E-state index is 3.24. The molecular formula is C16H19NS. The van der Waals surface area contributed by atoms with Gasteiger partial charge >= 0.3 is 0 Å². The van der Waals surface area contributed by atoms with Gasteiger partial charge in [-0.3, -0.25) is 0 Å². The zero-order chi connectivity index (χ0) is 13.0. The molecule has 18 heavy (non-hydrogen) atoms. The Morgan fingerprint density at radius 2 is 1.78 bits per heavy atom. The molecule has 0 aliphatic rings. The van der Waals surface area contributed by atoms with E-state index < -0.39 is 0 Å². The second-order valence-electron chi connectivity index (χ2n) is 4.56. The van der Waals surface area contributed by atoms with Crippen molar-refractivity contribution in [3.8, 4) is 0 Å². The van der Waals surface area contributed by atoms with E-state index in [2.05, 4.69) is 61.6 Å². The summed E-state index contributed by atoms with van der Waals surface area (Å²) in [6, 6.07) is 15.3. The average Bonchev–Trinajstić information content (AvgIpc) is 2.33. The van der Waals surface area contributed by atoms with Crippen molar-refractivity contribution in [2.24, 2.45) is 0 Å². The van der Waals surface area contributed by atoms with Crippen LogP contribution in [0.3, 0.4) is 0 Å². The Bertz CT molecular complexity index is 534. The lowest BCUT2D eigenvalue weighted by Crippen LogP contribution is -2.06. The van der Waals surface area contributed by atoms with Crippen LogP contribution in [0, 0.1) is 13.8 Å². The van der Waals surface area contributed by atoms with E-state index in [-0.39, 0.29) is 0 Å². The van der Waals surface area contributed by atoms with Gasteiger partial charge in [-0.05, 0) is 44.7 Å². The fourth-order valence-corrected chi connectivity index (χ4v) is 2.99. The van der Waals surface area contributed by atoms with Crippen LogP contribution < -0.4 is 5.32 Å². The standard InChI is InChI=1S/C16H19NS/c1-12-5-4-6-15(10-12)18-16-8-7-13(2)9-14(16)11-17-3/h4-10,17H,11H2,1-3H3. The summed E-state index contributed by atoms with van der Waals surface area (Å²) in [5.41, 5.74) is 3.99. The highest BCUT2D eigenvalue weighted by Crippen LogP contribution is 2.31. The monoisotopic (exact) mass is 257 g/mol. The summed E-state index contributed by atoms with van der Waals surface area (Å²) in [7, 11) is 1.99. The first-order valence-corrected chi connectivity index (χ1v) is 6.99. The average molecular weight is 257 g/mol. The van der Waals surface area contributed by atoms with Gasteiger partial charge in [-0.1, -0.05) is 47.2 Å². The Morgan fingerprint density at radius 1 is 1.00 bits per heavy atom. The molecule has 1 N–H and O–H groups in total. The maximum Gasteiger partial charge on any atom is 0.0213 e. The smallest absolute Gasteiger partial charge is 0.0213 e. The van der Waals surface area contributed by atoms with Crippen LogP contribution in [0.25, 0.3) is 0 Å². The summed E-state index contributed by atoms with van der Waals surface area (Å²) < 4.78 is 0. The largest absolute Gasteiger partial charge is 0.316 e. The molecule has 2 aromatic carbocycles. The molecular weight excluding hydrogens is 238 g/mol. The molecule has 0 amide bonds. The highest BCUT2D eigenvalue weighted by molar-refractivity contribution is 7.99. The molecule has 2 heteroatoms.